The van der Waals surface area contributed by atoms with Crippen LogP contribution in [0.25, 0.3) is 9.88 Å². The van der Waals surface area contributed by atoms with Crippen molar-refractivity contribution in [2.24, 2.45) is 0 Å². The van der Waals surface area contributed by atoms with Crippen LogP contribution in [0.15, 0.2) is 59.6 Å². The molecule has 2 N–H and O–H groups in total. The van der Waals surface area contributed by atoms with E-state index >= 15 is 0 Å². The van der Waals surface area contributed by atoms with Gasteiger partial charge in [-0.15, -0.1) is 22.7 Å². The Labute approximate surface area is 186 Å². The molecule has 4 aromatic rings. The maximum absolute atomic E-state index is 12.3. The largest absolute Gasteiger partial charge is 0.497 e. The van der Waals surface area contributed by atoms with Gasteiger partial charge in [-0.3, -0.25) is 14.3 Å². The first-order valence-electron chi connectivity index (χ1n) is 9.33. The van der Waals surface area contributed by atoms with Gasteiger partial charge in [-0.2, -0.15) is 5.10 Å². The van der Waals surface area contributed by atoms with Gasteiger partial charge in [0.25, 0.3) is 0 Å². The zero-order valence-electron chi connectivity index (χ0n) is 16.6. The molecule has 3 heterocycles. The maximum atomic E-state index is 12.3. The van der Waals surface area contributed by atoms with Gasteiger partial charge < -0.3 is 15.4 Å². The van der Waals surface area contributed by atoms with E-state index in [1.54, 1.807) is 48.9 Å². The van der Waals surface area contributed by atoms with Crippen LogP contribution in [0.1, 0.15) is 5.69 Å². The number of rotatable bonds is 8. The van der Waals surface area contributed by atoms with E-state index in [-0.39, 0.29) is 24.8 Å². The van der Waals surface area contributed by atoms with Gasteiger partial charge in [-0.25, -0.2) is 4.98 Å². The SMILES string of the molecule is COc1ccc(NC(=O)Cn2cc(NC(=O)Cc3csc(-c4cccs4)n3)cn2)cc1. The molecule has 0 aliphatic carbocycles. The topological polar surface area (TPSA) is 98.1 Å². The number of thiazole rings is 1. The molecule has 8 nitrogen and oxygen atoms in total. The fraction of sp³-hybridized carbons (Fsp3) is 0.143. The fourth-order valence-corrected chi connectivity index (χ4v) is 4.44. The normalized spacial score (nSPS) is 10.6. The Bertz CT molecular complexity index is 1170. The number of hydrogen-bond donors (Lipinski definition) is 2. The summed E-state index contributed by atoms with van der Waals surface area (Å²) < 4.78 is 6.56. The van der Waals surface area contributed by atoms with E-state index in [1.165, 1.54) is 22.2 Å². The third-order valence-electron chi connectivity index (χ3n) is 4.22. The molecule has 4 rings (SSSR count). The molecule has 0 radical (unpaired) electrons. The highest BCUT2D eigenvalue weighted by Crippen LogP contribution is 2.28. The van der Waals surface area contributed by atoms with Gasteiger partial charge in [0.2, 0.25) is 11.8 Å². The maximum Gasteiger partial charge on any atom is 0.246 e. The zero-order valence-corrected chi connectivity index (χ0v) is 18.2. The van der Waals surface area contributed by atoms with Crippen LogP contribution in [-0.2, 0) is 22.6 Å². The molecule has 0 fully saturated rings. The molecular weight excluding hydrogens is 434 g/mol. The van der Waals surface area contributed by atoms with Crippen LogP contribution in [0, 0.1) is 0 Å². The lowest BCUT2D eigenvalue weighted by atomic mass is 10.3. The molecule has 0 saturated heterocycles. The van der Waals surface area contributed by atoms with Crippen LogP contribution in [-0.4, -0.2) is 33.7 Å². The number of amides is 2. The number of thiophene rings is 1. The number of hydrogen-bond acceptors (Lipinski definition) is 7. The van der Waals surface area contributed by atoms with Crippen molar-refractivity contribution >= 4 is 45.9 Å². The first-order valence-corrected chi connectivity index (χ1v) is 11.1. The van der Waals surface area contributed by atoms with Crippen LogP contribution in [0.4, 0.5) is 11.4 Å². The first kappa shape index (κ1) is 20.8. The second-order valence-electron chi connectivity index (χ2n) is 6.55. The number of carbonyl (C=O) groups excluding carboxylic acids is 2. The number of nitrogens with one attached hydrogen (secondary N) is 2. The van der Waals surface area contributed by atoms with E-state index in [2.05, 4.69) is 20.7 Å². The minimum atomic E-state index is -0.227. The molecule has 3 aromatic heterocycles. The standard InChI is InChI=1S/C21H19N5O3S2/c1-29-17-6-4-14(5-7-17)23-20(28)12-26-11-16(10-22-26)24-19(27)9-15-13-31-21(25-15)18-3-2-8-30-18/h2-8,10-11,13H,9,12H2,1H3,(H,23,28)(H,24,27). The Morgan fingerprint density at radius 2 is 1.87 bits per heavy atom. The summed E-state index contributed by atoms with van der Waals surface area (Å²) in [6.45, 7) is 0.0260. The Balaban J connectivity index is 1.28. The Hall–Kier alpha value is -3.50. The highest BCUT2D eigenvalue weighted by molar-refractivity contribution is 7.20. The predicted octanol–water partition coefficient (Wildman–Crippen LogP) is 3.90. The molecule has 1 aromatic carbocycles. The van der Waals surface area contributed by atoms with Crippen LogP contribution < -0.4 is 15.4 Å². The summed E-state index contributed by atoms with van der Waals surface area (Å²) in [6, 6.07) is 11.0. The van der Waals surface area contributed by atoms with E-state index in [0.717, 1.165) is 15.6 Å². The molecule has 0 aliphatic heterocycles. The minimum Gasteiger partial charge on any atom is -0.497 e. The van der Waals surface area contributed by atoms with Gasteiger partial charge in [-0.05, 0) is 35.7 Å². The van der Waals surface area contributed by atoms with Crippen molar-refractivity contribution < 1.29 is 14.3 Å². The molecule has 0 saturated carbocycles. The van der Waals surface area contributed by atoms with Crippen molar-refractivity contribution in [3.63, 3.8) is 0 Å². The molecule has 0 bridgehead atoms. The summed E-state index contributed by atoms with van der Waals surface area (Å²) in [5.41, 5.74) is 1.91. The van der Waals surface area contributed by atoms with Gasteiger partial charge in [0.05, 0.1) is 36.0 Å². The first-order chi connectivity index (χ1) is 15.1. The highest BCUT2D eigenvalue weighted by atomic mass is 32.1. The number of benzene rings is 1. The third kappa shape index (κ3) is 5.56. The summed E-state index contributed by atoms with van der Waals surface area (Å²) in [6.07, 6.45) is 3.30. The Kier molecular flexibility index (Phi) is 6.39. The average Bonchev–Trinajstić information content (AvgIpc) is 3.51. The fourth-order valence-electron chi connectivity index (χ4n) is 2.81. The van der Waals surface area contributed by atoms with Gasteiger partial charge >= 0.3 is 0 Å². The number of nitrogens with zero attached hydrogens (tertiary/aromatic N) is 3. The monoisotopic (exact) mass is 453 g/mol. The lowest BCUT2D eigenvalue weighted by molar-refractivity contribution is -0.117. The number of ether oxygens (including phenoxy) is 1. The van der Waals surface area contributed by atoms with Gasteiger partial charge in [0.1, 0.15) is 17.3 Å². The Morgan fingerprint density at radius 3 is 2.61 bits per heavy atom. The molecule has 31 heavy (non-hydrogen) atoms. The van der Waals surface area contributed by atoms with Crippen molar-refractivity contribution in [2.45, 2.75) is 13.0 Å². The zero-order chi connectivity index (χ0) is 21.6. The average molecular weight is 454 g/mol. The van der Waals surface area contributed by atoms with Gasteiger partial charge in [-0.1, -0.05) is 6.07 Å². The number of aromatic nitrogens is 3. The number of carbonyl (C=O) groups is 2. The third-order valence-corrected chi connectivity index (χ3v) is 6.15. The molecule has 0 spiro atoms. The molecular formula is C21H19N5O3S2. The number of anilines is 2. The lowest BCUT2D eigenvalue weighted by Crippen LogP contribution is -2.19. The van der Waals surface area contributed by atoms with Crippen molar-refractivity contribution in [2.75, 3.05) is 17.7 Å². The molecule has 2 amide bonds. The molecule has 0 aliphatic rings. The highest BCUT2D eigenvalue weighted by Gasteiger charge is 2.12. The van der Waals surface area contributed by atoms with Crippen LogP contribution in [0.5, 0.6) is 5.75 Å². The summed E-state index contributed by atoms with van der Waals surface area (Å²) in [5, 5.41) is 14.5. The second-order valence-corrected chi connectivity index (χ2v) is 8.36. The van der Waals surface area contributed by atoms with E-state index in [0.29, 0.717) is 17.1 Å². The van der Waals surface area contributed by atoms with Crippen LogP contribution >= 0.6 is 22.7 Å². The van der Waals surface area contributed by atoms with Gasteiger partial charge in [0.15, 0.2) is 0 Å². The van der Waals surface area contributed by atoms with Crippen LogP contribution in [0.3, 0.4) is 0 Å². The van der Waals surface area contributed by atoms with Crippen molar-refractivity contribution in [3.05, 3.63) is 65.2 Å². The quantitative estimate of drug-likeness (QED) is 0.422. The van der Waals surface area contributed by atoms with Gasteiger partial charge in [0, 0.05) is 17.3 Å². The molecule has 158 valence electrons. The summed E-state index contributed by atoms with van der Waals surface area (Å²) in [5.74, 6) is 0.297. The summed E-state index contributed by atoms with van der Waals surface area (Å²) in [7, 11) is 1.58. The van der Waals surface area contributed by atoms with E-state index in [4.69, 9.17) is 4.74 Å². The molecule has 10 heteroatoms. The molecule has 0 atom stereocenters. The minimum absolute atomic E-state index is 0.0260. The second kappa shape index (κ2) is 9.54. The molecule has 0 unspecified atom stereocenters. The van der Waals surface area contributed by atoms with Crippen molar-refractivity contribution in [1.29, 1.82) is 0 Å². The number of methoxy groups -OCH3 is 1. The van der Waals surface area contributed by atoms with E-state index in [9.17, 15) is 9.59 Å². The van der Waals surface area contributed by atoms with E-state index < -0.39 is 0 Å². The Morgan fingerprint density at radius 1 is 1.06 bits per heavy atom. The van der Waals surface area contributed by atoms with Crippen LogP contribution in [0.2, 0.25) is 0 Å². The summed E-state index contributed by atoms with van der Waals surface area (Å²) >= 11 is 3.14. The van der Waals surface area contributed by atoms with Crippen molar-refractivity contribution in [3.8, 4) is 15.6 Å². The lowest BCUT2D eigenvalue weighted by Gasteiger charge is -2.06. The van der Waals surface area contributed by atoms with E-state index in [1.807, 2.05) is 22.9 Å². The predicted molar refractivity (Wildman–Crippen MR) is 122 cm³/mol. The van der Waals surface area contributed by atoms with Crippen molar-refractivity contribution in [1.82, 2.24) is 14.8 Å². The summed E-state index contributed by atoms with van der Waals surface area (Å²) in [4.78, 5) is 30.1. The smallest absolute Gasteiger partial charge is 0.246 e.